The minimum absolute atomic E-state index is 0.0759. The van der Waals surface area contributed by atoms with E-state index in [0.717, 1.165) is 25.2 Å². The molecule has 1 aromatic carbocycles. The van der Waals surface area contributed by atoms with Crippen LogP contribution in [0.3, 0.4) is 0 Å². The van der Waals surface area contributed by atoms with Crippen molar-refractivity contribution >= 4 is 5.91 Å². The maximum absolute atomic E-state index is 11.2. The van der Waals surface area contributed by atoms with Gasteiger partial charge in [0.15, 0.2) is 5.76 Å². The Morgan fingerprint density at radius 2 is 1.91 bits per heavy atom. The number of nitrogens with one attached hydrogen (secondary N) is 2. The molecule has 2 rings (SSSR count). The predicted octanol–water partition coefficient (Wildman–Crippen LogP) is 1.72. The van der Waals surface area contributed by atoms with Crippen LogP contribution in [0.1, 0.15) is 16.1 Å². The molecule has 0 spiro atoms. The molecule has 0 radical (unpaired) electrons. The van der Waals surface area contributed by atoms with Gasteiger partial charge in [-0.2, -0.15) is 0 Å². The third kappa shape index (κ3) is 4.42. The van der Waals surface area contributed by atoms with E-state index >= 15 is 0 Å². The fourth-order valence-corrected chi connectivity index (χ4v) is 1.99. The molecule has 0 saturated heterocycles. The first-order valence-electron chi connectivity index (χ1n) is 7.09. The van der Waals surface area contributed by atoms with E-state index in [-0.39, 0.29) is 5.76 Å². The second kappa shape index (κ2) is 7.74. The van der Waals surface area contributed by atoms with Crippen molar-refractivity contribution < 1.29 is 14.4 Å². The van der Waals surface area contributed by atoms with Crippen LogP contribution in [-0.2, 0) is 6.54 Å². The molecule has 118 valence electrons. The highest BCUT2D eigenvalue weighted by molar-refractivity contribution is 5.91. The van der Waals surface area contributed by atoms with Crippen LogP contribution in [0.4, 0.5) is 0 Å². The Bertz CT molecular complexity index is 605. The average Bonchev–Trinajstić information content (AvgIpc) is 3.01. The van der Waals surface area contributed by atoms with Crippen molar-refractivity contribution in [1.82, 2.24) is 15.7 Å². The zero-order chi connectivity index (χ0) is 15.9. The molecule has 2 aromatic rings. The third-order valence-electron chi connectivity index (χ3n) is 3.23. The van der Waals surface area contributed by atoms with Gasteiger partial charge in [0, 0.05) is 25.2 Å². The highest BCUT2D eigenvalue weighted by atomic mass is 16.5. The van der Waals surface area contributed by atoms with Crippen LogP contribution in [0, 0.1) is 0 Å². The Labute approximate surface area is 129 Å². The number of likely N-dealkylation sites (N-methyl/N-ethyl adjacent to an activating group) is 1. The van der Waals surface area contributed by atoms with Gasteiger partial charge in [-0.3, -0.25) is 10.0 Å². The lowest BCUT2D eigenvalue weighted by molar-refractivity contribution is 0.0677. The molecule has 0 aliphatic carbocycles. The van der Waals surface area contributed by atoms with Gasteiger partial charge in [0.1, 0.15) is 5.76 Å². The zero-order valence-electron chi connectivity index (χ0n) is 12.8. The molecule has 6 nitrogen and oxygen atoms in total. The summed E-state index contributed by atoms with van der Waals surface area (Å²) in [6, 6.07) is 11.2. The van der Waals surface area contributed by atoms with Crippen molar-refractivity contribution in [2.45, 2.75) is 6.54 Å². The lowest BCUT2D eigenvalue weighted by Gasteiger charge is -2.10. The van der Waals surface area contributed by atoms with Crippen molar-refractivity contribution in [2.24, 2.45) is 0 Å². The van der Waals surface area contributed by atoms with Gasteiger partial charge in [-0.25, -0.2) is 5.48 Å². The fraction of sp³-hybridized carbons (Fsp3) is 0.312. The maximum Gasteiger partial charge on any atom is 0.310 e. The number of carbonyl (C=O) groups excluding carboxylic acids is 1. The molecule has 0 saturated carbocycles. The molecule has 1 heterocycles. The molecule has 3 N–H and O–H groups in total. The minimum Gasteiger partial charge on any atom is -0.451 e. The standard InChI is InChI=1S/C16H21N3O3/c1-19(2)10-9-17-11-12-3-5-13(6-4-12)14-7-8-15(22-14)16(20)18-21/h3-8,17,21H,9-11H2,1-2H3,(H,18,20). The summed E-state index contributed by atoms with van der Waals surface area (Å²) in [7, 11) is 4.09. The monoisotopic (exact) mass is 303 g/mol. The summed E-state index contributed by atoms with van der Waals surface area (Å²) in [4.78, 5) is 13.4. The summed E-state index contributed by atoms with van der Waals surface area (Å²) in [6.07, 6.45) is 0. The van der Waals surface area contributed by atoms with Crippen LogP contribution in [-0.4, -0.2) is 43.2 Å². The third-order valence-corrected chi connectivity index (χ3v) is 3.23. The molecule has 22 heavy (non-hydrogen) atoms. The van der Waals surface area contributed by atoms with Crippen LogP contribution in [0.15, 0.2) is 40.8 Å². The molecular weight excluding hydrogens is 282 g/mol. The van der Waals surface area contributed by atoms with E-state index in [9.17, 15) is 4.79 Å². The molecule has 0 bridgehead atoms. The Kier molecular flexibility index (Phi) is 5.71. The van der Waals surface area contributed by atoms with E-state index in [1.807, 2.05) is 38.4 Å². The number of furan rings is 1. The normalized spacial score (nSPS) is 10.9. The van der Waals surface area contributed by atoms with Gasteiger partial charge < -0.3 is 14.6 Å². The van der Waals surface area contributed by atoms with Crippen LogP contribution in [0.25, 0.3) is 11.3 Å². The number of benzene rings is 1. The van der Waals surface area contributed by atoms with Crippen molar-refractivity contribution in [2.75, 3.05) is 27.2 Å². The second-order valence-corrected chi connectivity index (χ2v) is 5.28. The van der Waals surface area contributed by atoms with Crippen molar-refractivity contribution in [3.05, 3.63) is 47.7 Å². The summed E-state index contributed by atoms with van der Waals surface area (Å²) >= 11 is 0. The lowest BCUT2D eigenvalue weighted by atomic mass is 10.1. The SMILES string of the molecule is CN(C)CCNCc1ccc(-c2ccc(C(=O)NO)o2)cc1. The van der Waals surface area contributed by atoms with Gasteiger partial charge in [-0.05, 0) is 31.8 Å². The number of amides is 1. The van der Waals surface area contributed by atoms with Gasteiger partial charge in [0.05, 0.1) is 0 Å². The Hall–Kier alpha value is -2.15. The zero-order valence-corrected chi connectivity index (χ0v) is 12.8. The quantitative estimate of drug-likeness (QED) is 0.412. The van der Waals surface area contributed by atoms with Crippen LogP contribution in [0.5, 0.6) is 0 Å². The van der Waals surface area contributed by atoms with Crippen molar-refractivity contribution in [1.29, 1.82) is 0 Å². The van der Waals surface area contributed by atoms with E-state index in [1.165, 1.54) is 11.6 Å². The van der Waals surface area contributed by atoms with E-state index < -0.39 is 5.91 Å². The number of nitrogens with zero attached hydrogens (tertiary/aromatic N) is 1. The Balaban J connectivity index is 1.94. The van der Waals surface area contributed by atoms with E-state index in [2.05, 4.69) is 10.2 Å². The Morgan fingerprint density at radius 1 is 1.18 bits per heavy atom. The predicted molar refractivity (Wildman–Crippen MR) is 83.7 cm³/mol. The number of carbonyl (C=O) groups is 1. The average molecular weight is 303 g/mol. The topological polar surface area (TPSA) is 77.7 Å². The number of hydrogen-bond acceptors (Lipinski definition) is 5. The van der Waals surface area contributed by atoms with Crippen LogP contribution >= 0.6 is 0 Å². The van der Waals surface area contributed by atoms with Gasteiger partial charge in [0.25, 0.3) is 0 Å². The summed E-state index contributed by atoms with van der Waals surface area (Å²) in [5.41, 5.74) is 3.61. The molecule has 0 fully saturated rings. The van der Waals surface area contributed by atoms with E-state index in [4.69, 9.17) is 9.62 Å². The highest BCUT2D eigenvalue weighted by Gasteiger charge is 2.11. The highest BCUT2D eigenvalue weighted by Crippen LogP contribution is 2.22. The first-order chi connectivity index (χ1) is 10.6. The number of hydrogen-bond donors (Lipinski definition) is 3. The molecule has 0 aliphatic heterocycles. The summed E-state index contributed by atoms with van der Waals surface area (Å²) < 4.78 is 5.39. The summed E-state index contributed by atoms with van der Waals surface area (Å²) in [5, 5.41) is 11.9. The molecule has 1 aromatic heterocycles. The first kappa shape index (κ1) is 16.2. The van der Waals surface area contributed by atoms with Gasteiger partial charge in [-0.1, -0.05) is 24.3 Å². The molecular formula is C16H21N3O3. The number of rotatable bonds is 7. The van der Waals surface area contributed by atoms with E-state index in [1.54, 1.807) is 11.5 Å². The lowest BCUT2D eigenvalue weighted by Crippen LogP contribution is -2.26. The maximum atomic E-state index is 11.2. The summed E-state index contributed by atoms with van der Waals surface area (Å²) in [5.74, 6) is 0.00519. The molecule has 1 amide bonds. The van der Waals surface area contributed by atoms with Gasteiger partial charge in [0.2, 0.25) is 0 Å². The molecule has 0 atom stereocenters. The Morgan fingerprint density at radius 3 is 2.55 bits per heavy atom. The molecule has 0 unspecified atom stereocenters. The van der Waals surface area contributed by atoms with Crippen LogP contribution in [0.2, 0.25) is 0 Å². The number of hydroxylamine groups is 1. The smallest absolute Gasteiger partial charge is 0.310 e. The largest absolute Gasteiger partial charge is 0.451 e. The molecule has 6 heteroatoms. The van der Waals surface area contributed by atoms with Crippen molar-refractivity contribution in [3.63, 3.8) is 0 Å². The van der Waals surface area contributed by atoms with Crippen LogP contribution < -0.4 is 10.8 Å². The minimum atomic E-state index is -0.659. The summed E-state index contributed by atoms with van der Waals surface area (Å²) in [6.45, 7) is 2.75. The second-order valence-electron chi connectivity index (χ2n) is 5.28. The van der Waals surface area contributed by atoms with Gasteiger partial charge in [-0.15, -0.1) is 0 Å². The van der Waals surface area contributed by atoms with Gasteiger partial charge >= 0.3 is 5.91 Å². The fourth-order valence-electron chi connectivity index (χ4n) is 1.99. The van der Waals surface area contributed by atoms with E-state index in [0.29, 0.717) is 5.76 Å². The molecule has 0 aliphatic rings. The van der Waals surface area contributed by atoms with Crippen molar-refractivity contribution in [3.8, 4) is 11.3 Å². The first-order valence-corrected chi connectivity index (χ1v) is 7.09.